The molecule has 1 saturated carbocycles. The highest BCUT2D eigenvalue weighted by Gasteiger charge is 2.39. The third-order valence-electron chi connectivity index (χ3n) is 3.41. The molecule has 18 heavy (non-hydrogen) atoms. The third-order valence-corrected chi connectivity index (χ3v) is 3.72. The van der Waals surface area contributed by atoms with Crippen LogP contribution in [0.25, 0.3) is 11.1 Å². The highest BCUT2D eigenvalue weighted by molar-refractivity contribution is 6.33. The average molecular weight is 267 g/mol. The molecule has 5 heteroatoms. The van der Waals surface area contributed by atoms with E-state index >= 15 is 0 Å². The molecule has 1 fully saturated rings. The Morgan fingerprint density at radius 3 is 2.83 bits per heavy atom. The first-order valence-corrected chi connectivity index (χ1v) is 6.16. The van der Waals surface area contributed by atoms with E-state index in [0.29, 0.717) is 28.0 Å². The van der Waals surface area contributed by atoms with Gasteiger partial charge in [-0.1, -0.05) is 23.7 Å². The number of aromatic nitrogens is 1. The van der Waals surface area contributed by atoms with Crippen LogP contribution >= 0.6 is 11.6 Å². The van der Waals surface area contributed by atoms with Crippen LogP contribution in [0.4, 0.5) is 10.3 Å². The fourth-order valence-electron chi connectivity index (χ4n) is 2.23. The number of benzene rings is 1. The maximum absolute atomic E-state index is 13.1. The highest BCUT2D eigenvalue weighted by atomic mass is 35.5. The molecule has 2 aromatic rings. The molecule has 0 amide bonds. The van der Waals surface area contributed by atoms with Crippen molar-refractivity contribution in [1.29, 1.82) is 0 Å². The molecule has 3 nitrogen and oxygen atoms in total. The lowest BCUT2D eigenvalue weighted by atomic mass is 10.0. The Bertz CT molecular complexity index is 611. The van der Waals surface area contributed by atoms with Crippen LogP contribution in [-0.4, -0.2) is 5.16 Å². The predicted molar refractivity (Wildman–Crippen MR) is 67.8 cm³/mol. The standard InChI is InChI=1S/C13H12ClFN2O/c1-6-4-9(6)12-11(13(16)18-17-12)8-3-2-7(15)5-10(8)14/h2-3,5-6,9H,4,16H2,1H3. The first kappa shape index (κ1) is 11.5. The quantitative estimate of drug-likeness (QED) is 0.898. The van der Waals surface area contributed by atoms with E-state index in [0.717, 1.165) is 12.1 Å². The van der Waals surface area contributed by atoms with Gasteiger partial charge < -0.3 is 10.3 Å². The van der Waals surface area contributed by atoms with E-state index in [9.17, 15) is 4.39 Å². The van der Waals surface area contributed by atoms with Gasteiger partial charge in [0, 0.05) is 11.5 Å². The number of nitrogen functional groups attached to an aromatic ring is 1. The van der Waals surface area contributed by atoms with E-state index in [2.05, 4.69) is 12.1 Å². The smallest absolute Gasteiger partial charge is 0.230 e. The summed E-state index contributed by atoms with van der Waals surface area (Å²) in [6.45, 7) is 2.14. The van der Waals surface area contributed by atoms with Gasteiger partial charge in [0.25, 0.3) is 0 Å². The molecule has 1 aromatic heterocycles. The molecular weight excluding hydrogens is 255 g/mol. The maximum Gasteiger partial charge on any atom is 0.230 e. The van der Waals surface area contributed by atoms with Crippen molar-refractivity contribution in [1.82, 2.24) is 5.16 Å². The van der Waals surface area contributed by atoms with Gasteiger partial charge in [-0.05, 0) is 30.5 Å². The van der Waals surface area contributed by atoms with Crippen LogP contribution in [0.5, 0.6) is 0 Å². The Morgan fingerprint density at radius 2 is 2.22 bits per heavy atom. The number of anilines is 1. The van der Waals surface area contributed by atoms with E-state index in [-0.39, 0.29) is 11.7 Å². The molecule has 94 valence electrons. The van der Waals surface area contributed by atoms with Crippen molar-refractivity contribution in [2.24, 2.45) is 5.92 Å². The van der Waals surface area contributed by atoms with Gasteiger partial charge in [0.05, 0.1) is 16.3 Å². The summed E-state index contributed by atoms with van der Waals surface area (Å²) in [6, 6.07) is 4.23. The van der Waals surface area contributed by atoms with E-state index in [1.807, 2.05) is 0 Å². The van der Waals surface area contributed by atoms with Gasteiger partial charge in [0.2, 0.25) is 5.88 Å². The predicted octanol–water partition coefficient (Wildman–Crippen LogP) is 3.84. The van der Waals surface area contributed by atoms with Crippen molar-refractivity contribution in [2.45, 2.75) is 19.3 Å². The second kappa shape index (κ2) is 3.99. The van der Waals surface area contributed by atoms with Crippen molar-refractivity contribution in [3.8, 4) is 11.1 Å². The molecule has 1 heterocycles. The summed E-state index contributed by atoms with van der Waals surface area (Å²) in [6.07, 6.45) is 1.07. The summed E-state index contributed by atoms with van der Waals surface area (Å²) >= 11 is 6.06. The van der Waals surface area contributed by atoms with E-state index in [4.69, 9.17) is 21.9 Å². The zero-order valence-electron chi connectivity index (χ0n) is 9.78. The number of nitrogens with two attached hydrogens (primary N) is 1. The van der Waals surface area contributed by atoms with Crippen LogP contribution in [0, 0.1) is 11.7 Å². The lowest BCUT2D eigenvalue weighted by Gasteiger charge is -2.04. The molecule has 1 aromatic carbocycles. The maximum atomic E-state index is 13.1. The number of nitrogens with zero attached hydrogens (tertiary/aromatic N) is 1. The van der Waals surface area contributed by atoms with Crippen LogP contribution in [0.15, 0.2) is 22.7 Å². The second-order valence-corrected chi connectivity index (χ2v) is 5.16. The topological polar surface area (TPSA) is 52.0 Å². The van der Waals surface area contributed by atoms with Gasteiger partial charge in [-0.15, -0.1) is 0 Å². The van der Waals surface area contributed by atoms with Crippen LogP contribution in [0.2, 0.25) is 5.02 Å². The summed E-state index contributed by atoms with van der Waals surface area (Å²) < 4.78 is 18.1. The van der Waals surface area contributed by atoms with Crippen molar-refractivity contribution >= 4 is 17.5 Å². The zero-order valence-corrected chi connectivity index (χ0v) is 10.5. The molecule has 0 bridgehead atoms. The van der Waals surface area contributed by atoms with Crippen molar-refractivity contribution in [2.75, 3.05) is 5.73 Å². The van der Waals surface area contributed by atoms with Gasteiger partial charge in [0.1, 0.15) is 5.82 Å². The summed E-state index contributed by atoms with van der Waals surface area (Å²) in [5.41, 5.74) is 8.01. The first-order valence-electron chi connectivity index (χ1n) is 5.78. The molecule has 0 spiro atoms. The lowest BCUT2D eigenvalue weighted by Crippen LogP contribution is -1.91. The normalized spacial score (nSPS) is 22.2. The Morgan fingerprint density at radius 1 is 1.50 bits per heavy atom. The van der Waals surface area contributed by atoms with Gasteiger partial charge in [0.15, 0.2) is 0 Å². The molecule has 0 radical (unpaired) electrons. The first-order chi connectivity index (χ1) is 8.58. The summed E-state index contributed by atoms with van der Waals surface area (Å²) in [4.78, 5) is 0. The highest BCUT2D eigenvalue weighted by Crippen LogP contribution is 2.51. The SMILES string of the molecule is CC1CC1c1noc(N)c1-c1ccc(F)cc1Cl. The molecular formula is C13H12ClFN2O. The summed E-state index contributed by atoms with van der Waals surface area (Å²) in [7, 11) is 0. The zero-order chi connectivity index (χ0) is 12.9. The molecule has 1 aliphatic rings. The fraction of sp³-hybridized carbons (Fsp3) is 0.308. The van der Waals surface area contributed by atoms with E-state index in [1.54, 1.807) is 6.07 Å². The number of hydrogen-bond acceptors (Lipinski definition) is 3. The van der Waals surface area contributed by atoms with Crippen LogP contribution < -0.4 is 5.73 Å². The number of halogens is 2. The minimum atomic E-state index is -0.375. The Balaban J connectivity index is 2.13. The Hall–Kier alpha value is -1.55. The average Bonchev–Trinajstić information content (AvgIpc) is 2.91. The van der Waals surface area contributed by atoms with Crippen molar-refractivity contribution < 1.29 is 8.91 Å². The van der Waals surface area contributed by atoms with Gasteiger partial charge in [-0.25, -0.2) is 4.39 Å². The number of rotatable bonds is 2. The van der Waals surface area contributed by atoms with E-state index < -0.39 is 0 Å². The van der Waals surface area contributed by atoms with Gasteiger partial charge in [-0.2, -0.15) is 0 Å². The van der Waals surface area contributed by atoms with Crippen molar-refractivity contribution in [3.05, 3.63) is 34.7 Å². The van der Waals surface area contributed by atoms with Gasteiger partial charge in [-0.3, -0.25) is 0 Å². The molecule has 0 saturated heterocycles. The van der Waals surface area contributed by atoms with Crippen LogP contribution in [0.1, 0.15) is 25.0 Å². The molecule has 2 N–H and O–H groups in total. The van der Waals surface area contributed by atoms with Gasteiger partial charge >= 0.3 is 0 Å². The minimum absolute atomic E-state index is 0.234. The molecule has 0 aliphatic heterocycles. The number of hydrogen-bond donors (Lipinski definition) is 1. The molecule has 2 unspecified atom stereocenters. The monoisotopic (exact) mass is 266 g/mol. The van der Waals surface area contributed by atoms with Crippen molar-refractivity contribution in [3.63, 3.8) is 0 Å². The Kier molecular flexibility index (Phi) is 2.55. The van der Waals surface area contributed by atoms with Crippen LogP contribution in [0.3, 0.4) is 0 Å². The summed E-state index contributed by atoms with van der Waals surface area (Å²) in [5, 5.41) is 4.33. The second-order valence-electron chi connectivity index (χ2n) is 4.75. The third kappa shape index (κ3) is 1.77. The largest absolute Gasteiger partial charge is 0.367 e. The van der Waals surface area contributed by atoms with Crippen LogP contribution in [-0.2, 0) is 0 Å². The van der Waals surface area contributed by atoms with E-state index in [1.165, 1.54) is 12.1 Å². The molecule has 1 aliphatic carbocycles. The fourth-order valence-corrected chi connectivity index (χ4v) is 2.50. The minimum Gasteiger partial charge on any atom is -0.367 e. The summed E-state index contributed by atoms with van der Waals surface area (Å²) in [5.74, 6) is 0.798. The lowest BCUT2D eigenvalue weighted by molar-refractivity contribution is 0.427. The Labute approximate surface area is 109 Å². The molecule has 2 atom stereocenters. The molecule has 3 rings (SSSR count).